The van der Waals surface area contributed by atoms with Crippen LogP contribution in [0.5, 0.6) is 0 Å². The predicted molar refractivity (Wildman–Crippen MR) is 77.1 cm³/mol. The van der Waals surface area contributed by atoms with Crippen molar-refractivity contribution in [3.05, 3.63) is 33.8 Å². The van der Waals surface area contributed by atoms with E-state index >= 15 is 0 Å². The topological polar surface area (TPSA) is 38.3 Å². The van der Waals surface area contributed by atoms with Crippen LogP contribution in [0, 0.1) is 0 Å². The number of benzene rings is 1. The molecule has 0 unspecified atom stereocenters. The third-order valence-electron chi connectivity index (χ3n) is 2.42. The molecule has 0 bridgehead atoms. The van der Waals surface area contributed by atoms with E-state index in [0.717, 1.165) is 6.07 Å². The van der Waals surface area contributed by atoms with Crippen molar-refractivity contribution in [1.82, 2.24) is 5.32 Å². The standard InChI is InChI=1S/C14H17BrF3NO2/c1-13(2,3)21-12(20)19-7-6-9-4-5-11(15)10(8-9)14(16,17)18/h4-5,8H,6-7H2,1-3H3,(H,19,20). The van der Waals surface area contributed by atoms with Gasteiger partial charge in [-0.1, -0.05) is 22.0 Å². The van der Waals surface area contributed by atoms with Crippen molar-refractivity contribution in [2.45, 2.75) is 39.0 Å². The van der Waals surface area contributed by atoms with Crippen molar-refractivity contribution in [2.24, 2.45) is 0 Å². The van der Waals surface area contributed by atoms with Gasteiger partial charge in [-0.2, -0.15) is 13.2 Å². The Hall–Kier alpha value is -1.24. The quantitative estimate of drug-likeness (QED) is 0.851. The lowest BCUT2D eigenvalue weighted by molar-refractivity contribution is -0.138. The second-order valence-corrected chi connectivity index (χ2v) is 6.34. The summed E-state index contributed by atoms with van der Waals surface area (Å²) in [4.78, 5) is 11.4. The zero-order chi connectivity index (χ0) is 16.3. The summed E-state index contributed by atoms with van der Waals surface area (Å²) in [6.07, 6.45) is -4.71. The van der Waals surface area contributed by atoms with Crippen LogP contribution >= 0.6 is 15.9 Å². The van der Waals surface area contributed by atoms with Crippen LogP contribution in [-0.2, 0) is 17.3 Å². The number of rotatable bonds is 3. The van der Waals surface area contributed by atoms with Gasteiger partial charge in [0, 0.05) is 11.0 Å². The third-order valence-corrected chi connectivity index (χ3v) is 3.11. The Balaban J connectivity index is 2.59. The maximum Gasteiger partial charge on any atom is 0.417 e. The van der Waals surface area contributed by atoms with Crippen molar-refractivity contribution < 1.29 is 22.7 Å². The third kappa shape index (κ3) is 6.37. The lowest BCUT2D eigenvalue weighted by Gasteiger charge is -2.19. The lowest BCUT2D eigenvalue weighted by atomic mass is 10.1. The molecule has 0 atom stereocenters. The van der Waals surface area contributed by atoms with E-state index in [1.165, 1.54) is 6.07 Å². The molecule has 1 aromatic rings. The van der Waals surface area contributed by atoms with E-state index in [1.807, 2.05) is 0 Å². The molecule has 21 heavy (non-hydrogen) atoms. The lowest BCUT2D eigenvalue weighted by Crippen LogP contribution is -2.33. The number of nitrogens with one attached hydrogen (secondary N) is 1. The Kier molecular flexibility index (Phi) is 5.67. The highest BCUT2D eigenvalue weighted by Crippen LogP contribution is 2.35. The van der Waals surface area contributed by atoms with Gasteiger partial charge >= 0.3 is 12.3 Å². The molecule has 0 saturated carbocycles. The summed E-state index contributed by atoms with van der Waals surface area (Å²) in [5.74, 6) is 0. The molecular weight excluding hydrogens is 351 g/mol. The van der Waals surface area contributed by atoms with E-state index in [4.69, 9.17) is 4.74 Å². The number of hydrogen-bond donors (Lipinski definition) is 1. The largest absolute Gasteiger partial charge is 0.444 e. The van der Waals surface area contributed by atoms with E-state index < -0.39 is 23.4 Å². The summed E-state index contributed by atoms with van der Waals surface area (Å²) < 4.78 is 43.3. The summed E-state index contributed by atoms with van der Waals surface area (Å²) >= 11 is 2.88. The van der Waals surface area contributed by atoms with E-state index in [0.29, 0.717) is 5.56 Å². The van der Waals surface area contributed by atoms with Crippen LogP contribution in [0.3, 0.4) is 0 Å². The second kappa shape index (κ2) is 6.68. The zero-order valence-corrected chi connectivity index (χ0v) is 13.6. The molecule has 0 saturated heterocycles. The number of carbonyl (C=O) groups excluding carboxylic acids is 1. The highest BCUT2D eigenvalue weighted by molar-refractivity contribution is 9.10. The molecule has 0 aliphatic heterocycles. The Morgan fingerprint density at radius 3 is 2.43 bits per heavy atom. The minimum atomic E-state index is -4.41. The Morgan fingerprint density at radius 2 is 1.90 bits per heavy atom. The van der Waals surface area contributed by atoms with Gasteiger partial charge in [-0.05, 0) is 44.9 Å². The molecule has 118 valence electrons. The van der Waals surface area contributed by atoms with Crippen LogP contribution in [0.2, 0.25) is 0 Å². The Bertz CT molecular complexity index is 510. The number of halogens is 4. The normalized spacial score (nSPS) is 12.1. The molecule has 1 aromatic carbocycles. The maximum absolute atomic E-state index is 12.7. The summed E-state index contributed by atoms with van der Waals surface area (Å²) in [6, 6.07) is 4.00. The minimum absolute atomic E-state index is 0.00106. The fraction of sp³-hybridized carbons (Fsp3) is 0.500. The first-order chi connectivity index (χ1) is 9.49. The molecule has 0 aliphatic carbocycles. The van der Waals surface area contributed by atoms with E-state index in [9.17, 15) is 18.0 Å². The SMILES string of the molecule is CC(C)(C)OC(=O)NCCc1ccc(Br)c(C(F)(F)F)c1. The van der Waals surface area contributed by atoms with Gasteiger partial charge in [0.25, 0.3) is 0 Å². The summed E-state index contributed by atoms with van der Waals surface area (Å²) in [5.41, 5.74) is -0.843. The maximum atomic E-state index is 12.7. The van der Waals surface area contributed by atoms with Crippen molar-refractivity contribution >= 4 is 22.0 Å². The molecule has 3 nitrogen and oxygen atoms in total. The first-order valence-corrected chi connectivity index (χ1v) is 7.11. The van der Waals surface area contributed by atoms with Crippen LogP contribution in [-0.4, -0.2) is 18.2 Å². The van der Waals surface area contributed by atoms with Crippen molar-refractivity contribution in [1.29, 1.82) is 0 Å². The van der Waals surface area contributed by atoms with Gasteiger partial charge in [0.05, 0.1) is 5.56 Å². The molecule has 7 heteroatoms. The van der Waals surface area contributed by atoms with Gasteiger partial charge in [0.15, 0.2) is 0 Å². The average molecular weight is 368 g/mol. The highest BCUT2D eigenvalue weighted by atomic mass is 79.9. The van der Waals surface area contributed by atoms with Gasteiger partial charge < -0.3 is 10.1 Å². The molecule has 0 aliphatic rings. The van der Waals surface area contributed by atoms with Crippen molar-refractivity contribution in [2.75, 3.05) is 6.54 Å². The van der Waals surface area contributed by atoms with Crippen LogP contribution in [0.25, 0.3) is 0 Å². The van der Waals surface area contributed by atoms with E-state index in [-0.39, 0.29) is 17.4 Å². The fourth-order valence-electron chi connectivity index (χ4n) is 1.57. The number of alkyl halides is 3. The number of hydrogen-bond acceptors (Lipinski definition) is 2. The first-order valence-electron chi connectivity index (χ1n) is 6.31. The van der Waals surface area contributed by atoms with Crippen LogP contribution < -0.4 is 5.32 Å². The molecule has 0 aromatic heterocycles. The number of carbonyl (C=O) groups is 1. The van der Waals surface area contributed by atoms with E-state index in [2.05, 4.69) is 21.2 Å². The molecular formula is C14H17BrF3NO2. The molecule has 1 amide bonds. The molecule has 0 fully saturated rings. The van der Waals surface area contributed by atoms with Crippen molar-refractivity contribution in [3.63, 3.8) is 0 Å². The molecule has 1 rings (SSSR count). The van der Waals surface area contributed by atoms with E-state index in [1.54, 1.807) is 26.8 Å². The molecule has 1 N–H and O–H groups in total. The van der Waals surface area contributed by atoms with Gasteiger partial charge in [-0.15, -0.1) is 0 Å². The Labute approximate surface area is 130 Å². The average Bonchev–Trinajstić information content (AvgIpc) is 2.27. The minimum Gasteiger partial charge on any atom is -0.444 e. The monoisotopic (exact) mass is 367 g/mol. The van der Waals surface area contributed by atoms with Gasteiger partial charge in [0.2, 0.25) is 0 Å². The first kappa shape index (κ1) is 17.8. The number of ether oxygens (including phenoxy) is 1. The molecule has 0 spiro atoms. The smallest absolute Gasteiger partial charge is 0.417 e. The highest BCUT2D eigenvalue weighted by Gasteiger charge is 2.33. The van der Waals surface area contributed by atoms with Crippen LogP contribution in [0.15, 0.2) is 22.7 Å². The second-order valence-electron chi connectivity index (χ2n) is 5.49. The Morgan fingerprint density at radius 1 is 1.29 bits per heavy atom. The summed E-state index contributed by atoms with van der Waals surface area (Å²) in [6.45, 7) is 5.40. The summed E-state index contributed by atoms with van der Waals surface area (Å²) in [7, 11) is 0. The number of amides is 1. The summed E-state index contributed by atoms with van der Waals surface area (Å²) in [5, 5.41) is 2.51. The molecule has 0 radical (unpaired) electrons. The van der Waals surface area contributed by atoms with Crippen LogP contribution in [0.4, 0.5) is 18.0 Å². The van der Waals surface area contributed by atoms with Crippen LogP contribution in [0.1, 0.15) is 31.9 Å². The number of alkyl carbamates (subject to hydrolysis) is 1. The fourth-order valence-corrected chi connectivity index (χ4v) is 2.04. The van der Waals surface area contributed by atoms with Gasteiger partial charge in [0.1, 0.15) is 5.60 Å². The van der Waals surface area contributed by atoms with Gasteiger partial charge in [-0.25, -0.2) is 4.79 Å². The van der Waals surface area contributed by atoms with Crippen molar-refractivity contribution in [3.8, 4) is 0 Å². The van der Waals surface area contributed by atoms with Gasteiger partial charge in [-0.3, -0.25) is 0 Å². The molecule has 0 heterocycles. The predicted octanol–water partition coefficient (Wildman–Crippen LogP) is 4.54. The zero-order valence-electron chi connectivity index (χ0n) is 12.0.